The summed E-state index contributed by atoms with van der Waals surface area (Å²) in [7, 11) is 0. The first-order chi connectivity index (χ1) is 9.54. The van der Waals surface area contributed by atoms with Gasteiger partial charge in [-0.3, -0.25) is 4.79 Å². The van der Waals surface area contributed by atoms with Gasteiger partial charge in [-0.15, -0.1) is 6.58 Å². The lowest BCUT2D eigenvalue weighted by Gasteiger charge is -2.11. The van der Waals surface area contributed by atoms with Crippen LogP contribution < -0.4 is 5.32 Å². The molecule has 0 saturated heterocycles. The number of carbonyl (C=O) groups is 2. The van der Waals surface area contributed by atoms with Crippen LogP contribution in [-0.2, 0) is 14.3 Å². The summed E-state index contributed by atoms with van der Waals surface area (Å²) in [5, 5.41) is 2.50. The van der Waals surface area contributed by atoms with E-state index in [-0.39, 0.29) is 5.56 Å². The third-order valence-electron chi connectivity index (χ3n) is 2.39. The van der Waals surface area contributed by atoms with Crippen LogP contribution >= 0.6 is 0 Å². The zero-order valence-electron chi connectivity index (χ0n) is 11.1. The molecular weight excluding hydrogens is 261 g/mol. The van der Waals surface area contributed by atoms with Crippen LogP contribution in [0.5, 0.6) is 0 Å². The third-order valence-corrected chi connectivity index (χ3v) is 2.39. The predicted octanol–water partition coefficient (Wildman–Crippen LogP) is 2.07. The monoisotopic (exact) mass is 277 g/mol. The van der Waals surface area contributed by atoms with Gasteiger partial charge >= 0.3 is 5.97 Å². The molecule has 1 amide bonds. The maximum absolute atomic E-state index is 13.3. The van der Waals surface area contributed by atoms with Crippen molar-refractivity contribution in [2.45, 2.75) is 13.0 Å². The zero-order valence-corrected chi connectivity index (χ0v) is 11.1. The fourth-order valence-corrected chi connectivity index (χ4v) is 1.35. The summed E-state index contributed by atoms with van der Waals surface area (Å²) >= 11 is 0. The summed E-state index contributed by atoms with van der Waals surface area (Å²) in [5.74, 6) is -1.57. The Morgan fingerprint density at radius 2 is 2.15 bits per heavy atom. The van der Waals surface area contributed by atoms with Crippen molar-refractivity contribution in [2.24, 2.45) is 0 Å². The van der Waals surface area contributed by atoms with Gasteiger partial charge in [-0.2, -0.15) is 0 Å². The van der Waals surface area contributed by atoms with Crippen molar-refractivity contribution >= 4 is 18.0 Å². The van der Waals surface area contributed by atoms with E-state index in [1.165, 1.54) is 31.2 Å². The number of nitrogens with one attached hydrogen (secondary N) is 1. The average molecular weight is 277 g/mol. The number of benzene rings is 1. The van der Waals surface area contributed by atoms with Gasteiger partial charge in [0.25, 0.3) is 5.91 Å². The lowest BCUT2D eigenvalue weighted by molar-refractivity contribution is -0.150. The topological polar surface area (TPSA) is 55.4 Å². The molecule has 0 aliphatic heterocycles. The Hall–Kier alpha value is -2.43. The largest absolute Gasteiger partial charge is 0.449 e. The van der Waals surface area contributed by atoms with Crippen molar-refractivity contribution in [2.75, 3.05) is 6.54 Å². The summed E-state index contributed by atoms with van der Waals surface area (Å²) in [6.07, 6.45) is 2.97. The van der Waals surface area contributed by atoms with Crippen molar-refractivity contribution in [1.82, 2.24) is 5.32 Å². The molecule has 0 saturated carbocycles. The first-order valence-corrected chi connectivity index (χ1v) is 6.06. The highest BCUT2D eigenvalue weighted by molar-refractivity contribution is 5.90. The van der Waals surface area contributed by atoms with Gasteiger partial charge in [-0.1, -0.05) is 24.3 Å². The summed E-state index contributed by atoms with van der Waals surface area (Å²) in [5.41, 5.74) is 0.271. The molecular formula is C15H16FNO3. The molecule has 0 fully saturated rings. The van der Waals surface area contributed by atoms with Gasteiger partial charge in [-0.25, -0.2) is 9.18 Å². The zero-order chi connectivity index (χ0) is 15.0. The highest BCUT2D eigenvalue weighted by atomic mass is 19.1. The van der Waals surface area contributed by atoms with Crippen molar-refractivity contribution in [1.29, 1.82) is 0 Å². The van der Waals surface area contributed by atoms with E-state index in [0.717, 1.165) is 6.08 Å². The molecule has 4 nitrogen and oxygen atoms in total. The van der Waals surface area contributed by atoms with Gasteiger partial charge in [0.1, 0.15) is 5.82 Å². The van der Waals surface area contributed by atoms with Crippen LogP contribution in [0.25, 0.3) is 6.08 Å². The predicted molar refractivity (Wildman–Crippen MR) is 74.2 cm³/mol. The van der Waals surface area contributed by atoms with Crippen molar-refractivity contribution < 1.29 is 18.7 Å². The van der Waals surface area contributed by atoms with Crippen LogP contribution in [0.15, 0.2) is 43.0 Å². The van der Waals surface area contributed by atoms with E-state index in [0.29, 0.717) is 6.54 Å². The molecule has 1 rings (SSSR count). The lowest BCUT2D eigenvalue weighted by Crippen LogP contribution is -2.35. The normalized spacial score (nSPS) is 11.9. The third kappa shape index (κ3) is 5.06. The first kappa shape index (κ1) is 15.6. The highest BCUT2D eigenvalue weighted by Crippen LogP contribution is 2.08. The number of rotatable bonds is 6. The average Bonchev–Trinajstić information content (AvgIpc) is 2.43. The molecule has 1 aromatic carbocycles. The molecule has 106 valence electrons. The maximum atomic E-state index is 13.3. The molecule has 0 aliphatic carbocycles. The standard InChI is InChI=1S/C15H16FNO3/c1-3-10-17-15(19)11(2)20-14(18)9-8-12-6-4-5-7-13(12)16/h3-9,11H,1,10H2,2H3,(H,17,19)/b9-8+/t11-/m0/s1. The molecule has 0 radical (unpaired) electrons. The van der Waals surface area contributed by atoms with Crippen LogP contribution in [0.3, 0.4) is 0 Å². The van der Waals surface area contributed by atoms with Gasteiger partial charge in [0, 0.05) is 18.2 Å². The van der Waals surface area contributed by atoms with E-state index in [1.54, 1.807) is 12.1 Å². The fourth-order valence-electron chi connectivity index (χ4n) is 1.35. The Labute approximate surface area is 116 Å². The maximum Gasteiger partial charge on any atom is 0.331 e. The quantitative estimate of drug-likeness (QED) is 0.492. The number of hydrogen-bond acceptors (Lipinski definition) is 3. The molecule has 0 aliphatic rings. The van der Waals surface area contributed by atoms with E-state index in [1.807, 2.05) is 0 Å². The van der Waals surface area contributed by atoms with E-state index >= 15 is 0 Å². The van der Waals surface area contributed by atoms with Crippen LogP contribution in [0.2, 0.25) is 0 Å². The number of amides is 1. The van der Waals surface area contributed by atoms with Gasteiger partial charge in [0.15, 0.2) is 6.10 Å². The number of esters is 1. The number of halogens is 1. The molecule has 0 spiro atoms. The van der Waals surface area contributed by atoms with Gasteiger partial charge in [0.2, 0.25) is 0 Å². The molecule has 20 heavy (non-hydrogen) atoms. The van der Waals surface area contributed by atoms with Gasteiger partial charge < -0.3 is 10.1 Å². The minimum absolute atomic E-state index is 0.271. The Bertz CT molecular complexity index is 526. The SMILES string of the molecule is C=CCNC(=O)[C@H](C)OC(=O)/C=C/c1ccccc1F. The molecule has 0 unspecified atom stereocenters. The van der Waals surface area contributed by atoms with E-state index in [9.17, 15) is 14.0 Å². The minimum atomic E-state index is -0.923. The van der Waals surface area contributed by atoms with Crippen molar-refractivity contribution in [3.8, 4) is 0 Å². The van der Waals surface area contributed by atoms with Crippen molar-refractivity contribution in [3.05, 3.63) is 54.4 Å². The Balaban J connectivity index is 2.53. The van der Waals surface area contributed by atoms with Crippen LogP contribution in [0, 0.1) is 5.82 Å². The lowest BCUT2D eigenvalue weighted by atomic mass is 10.2. The van der Waals surface area contributed by atoms with E-state index in [2.05, 4.69) is 11.9 Å². The molecule has 1 aromatic rings. The number of ether oxygens (including phenoxy) is 1. The minimum Gasteiger partial charge on any atom is -0.449 e. The summed E-state index contributed by atoms with van der Waals surface area (Å²) in [6, 6.07) is 6.02. The van der Waals surface area contributed by atoms with Crippen LogP contribution in [0.4, 0.5) is 4.39 Å². The highest BCUT2D eigenvalue weighted by Gasteiger charge is 2.15. The van der Waals surface area contributed by atoms with Crippen molar-refractivity contribution in [3.63, 3.8) is 0 Å². The van der Waals surface area contributed by atoms with E-state index in [4.69, 9.17) is 4.74 Å². The first-order valence-electron chi connectivity index (χ1n) is 6.06. The second-order valence-corrected chi connectivity index (χ2v) is 3.97. The summed E-state index contributed by atoms with van der Waals surface area (Å²) in [6.45, 7) is 5.20. The van der Waals surface area contributed by atoms with Crippen LogP contribution in [-0.4, -0.2) is 24.5 Å². The number of hydrogen-bond donors (Lipinski definition) is 1. The molecule has 1 atom stereocenters. The second kappa shape index (κ2) is 7.89. The molecule has 0 heterocycles. The molecule has 0 bridgehead atoms. The summed E-state index contributed by atoms with van der Waals surface area (Å²) in [4.78, 5) is 22.9. The smallest absolute Gasteiger partial charge is 0.331 e. The van der Waals surface area contributed by atoms with Crippen LogP contribution in [0.1, 0.15) is 12.5 Å². The fraction of sp³-hybridized carbons (Fsp3) is 0.200. The van der Waals surface area contributed by atoms with Gasteiger partial charge in [-0.05, 0) is 19.1 Å². The molecule has 0 aromatic heterocycles. The Kier molecular flexibility index (Phi) is 6.16. The Morgan fingerprint density at radius 1 is 1.45 bits per heavy atom. The number of carbonyl (C=O) groups excluding carboxylic acids is 2. The Morgan fingerprint density at radius 3 is 2.80 bits per heavy atom. The molecule has 1 N–H and O–H groups in total. The molecule has 5 heteroatoms. The second-order valence-electron chi connectivity index (χ2n) is 3.97. The summed E-state index contributed by atoms with van der Waals surface area (Å²) < 4.78 is 18.2. The van der Waals surface area contributed by atoms with E-state index < -0.39 is 23.8 Å². The van der Waals surface area contributed by atoms with Gasteiger partial charge in [0.05, 0.1) is 0 Å².